The van der Waals surface area contributed by atoms with Crippen LogP contribution in [0.25, 0.3) is 11.1 Å². The predicted octanol–water partition coefficient (Wildman–Crippen LogP) is 3.76. The number of fused-ring (bicyclic) bond motifs is 3. The van der Waals surface area contributed by atoms with Gasteiger partial charge in [0.15, 0.2) is 5.69 Å². The third-order valence-electron chi connectivity index (χ3n) is 6.91. The summed E-state index contributed by atoms with van der Waals surface area (Å²) in [6.07, 6.45) is 0.909. The molecular weight excluding hydrogens is 448 g/mol. The van der Waals surface area contributed by atoms with Crippen LogP contribution in [0.15, 0.2) is 54.6 Å². The van der Waals surface area contributed by atoms with Crippen LogP contribution < -0.4 is 10.6 Å². The molecule has 2 aliphatic carbocycles. The second-order valence-electron chi connectivity index (χ2n) is 9.22. The lowest BCUT2D eigenvalue weighted by Crippen LogP contribution is -2.56. The molecular formula is C26H26N4O5. The molecule has 0 spiro atoms. The van der Waals surface area contributed by atoms with E-state index in [1.165, 1.54) is 17.8 Å². The maximum absolute atomic E-state index is 13.2. The second-order valence-corrected chi connectivity index (χ2v) is 9.22. The van der Waals surface area contributed by atoms with Gasteiger partial charge in [-0.2, -0.15) is 5.10 Å². The smallest absolute Gasteiger partial charge is 0.408 e. The molecule has 3 N–H and O–H groups in total. The minimum Gasteiger partial charge on any atom is -0.476 e. The van der Waals surface area contributed by atoms with Crippen molar-refractivity contribution in [3.8, 4) is 11.1 Å². The number of aryl methyl sites for hydroxylation is 1. The number of nitrogens with zero attached hydrogens (tertiary/aromatic N) is 2. The highest BCUT2D eigenvalue weighted by Gasteiger charge is 2.49. The molecule has 2 aromatic carbocycles. The minimum atomic E-state index is -1.21. The fourth-order valence-electron chi connectivity index (χ4n) is 4.79. The van der Waals surface area contributed by atoms with Gasteiger partial charge < -0.3 is 20.5 Å². The van der Waals surface area contributed by atoms with Crippen molar-refractivity contribution in [1.82, 2.24) is 15.1 Å². The molecule has 1 fully saturated rings. The molecule has 0 aliphatic heterocycles. The molecule has 0 bridgehead atoms. The van der Waals surface area contributed by atoms with Gasteiger partial charge in [0.05, 0.1) is 0 Å². The molecule has 9 heteroatoms. The molecule has 1 atom stereocenters. The molecule has 180 valence electrons. The summed E-state index contributed by atoms with van der Waals surface area (Å²) in [5, 5.41) is 18.5. The topological polar surface area (TPSA) is 123 Å². The van der Waals surface area contributed by atoms with Gasteiger partial charge in [-0.25, -0.2) is 9.59 Å². The minimum absolute atomic E-state index is 0.0462. The summed E-state index contributed by atoms with van der Waals surface area (Å²) in [4.78, 5) is 37.3. The zero-order chi connectivity index (χ0) is 24.7. The molecule has 2 aliphatic rings. The van der Waals surface area contributed by atoms with Crippen molar-refractivity contribution in [1.29, 1.82) is 0 Å². The number of carboxylic acid groups (broad SMARTS) is 1. The molecule has 0 saturated heterocycles. The van der Waals surface area contributed by atoms with E-state index >= 15 is 0 Å². The number of ether oxygens (including phenoxy) is 1. The van der Waals surface area contributed by atoms with Crippen molar-refractivity contribution in [3.63, 3.8) is 0 Å². The van der Waals surface area contributed by atoms with E-state index in [4.69, 9.17) is 9.84 Å². The van der Waals surface area contributed by atoms with Gasteiger partial charge in [-0.05, 0) is 47.9 Å². The molecule has 0 radical (unpaired) electrons. The molecule has 9 nitrogen and oxygen atoms in total. The van der Waals surface area contributed by atoms with Crippen molar-refractivity contribution >= 4 is 23.8 Å². The number of amides is 2. The monoisotopic (exact) mass is 474 g/mol. The summed E-state index contributed by atoms with van der Waals surface area (Å²) in [7, 11) is 1.54. The summed E-state index contributed by atoms with van der Waals surface area (Å²) in [5.74, 6) is -1.54. The number of aromatic carboxylic acids is 1. The van der Waals surface area contributed by atoms with Crippen LogP contribution in [0.3, 0.4) is 0 Å². The fourth-order valence-corrected chi connectivity index (χ4v) is 4.79. The Morgan fingerprint density at radius 3 is 2.23 bits per heavy atom. The number of nitrogens with one attached hydrogen (secondary N) is 2. The number of alkyl carbamates (subject to hydrolysis) is 1. The van der Waals surface area contributed by atoms with Gasteiger partial charge in [0, 0.05) is 19.0 Å². The summed E-state index contributed by atoms with van der Waals surface area (Å²) in [6.45, 7) is 1.81. The Morgan fingerprint density at radius 2 is 1.69 bits per heavy atom. The van der Waals surface area contributed by atoms with Gasteiger partial charge in [-0.1, -0.05) is 48.5 Å². The van der Waals surface area contributed by atoms with Crippen LogP contribution in [0.2, 0.25) is 0 Å². The van der Waals surface area contributed by atoms with E-state index in [1.54, 1.807) is 6.92 Å². The average Bonchev–Trinajstić information content (AvgIpc) is 3.57. The first kappa shape index (κ1) is 22.6. The third-order valence-corrected chi connectivity index (χ3v) is 6.91. The highest BCUT2D eigenvalue weighted by Crippen LogP contribution is 2.44. The first-order valence-corrected chi connectivity index (χ1v) is 11.5. The van der Waals surface area contributed by atoms with Crippen molar-refractivity contribution in [2.75, 3.05) is 11.9 Å². The third kappa shape index (κ3) is 4.14. The van der Waals surface area contributed by atoms with Gasteiger partial charge in [-0.15, -0.1) is 0 Å². The number of anilines is 1. The van der Waals surface area contributed by atoms with Gasteiger partial charge in [0.25, 0.3) is 5.91 Å². The Hall–Kier alpha value is -4.14. The first-order valence-electron chi connectivity index (χ1n) is 11.5. The Kier molecular flexibility index (Phi) is 5.55. The Bertz CT molecular complexity index is 1280. The number of carboxylic acids is 1. The lowest BCUT2D eigenvalue weighted by Gasteiger charge is -2.29. The number of carbonyl (C=O) groups is 3. The highest BCUT2D eigenvalue weighted by atomic mass is 16.5. The van der Waals surface area contributed by atoms with Crippen LogP contribution >= 0.6 is 0 Å². The maximum Gasteiger partial charge on any atom is 0.408 e. The number of carbonyl (C=O) groups excluding carboxylic acids is 2. The van der Waals surface area contributed by atoms with Crippen LogP contribution in [-0.2, 0) is 16.6 Å². The van der Waals surface area contributed by atoms with Crippen LogP contribution in [0.5, 0.6) is 0 Å². The molecule has 5 rings (SSSR count). The molecule has 35 heavy (non-hydrogen) atoms. The number of benzene rings is 2. The number of rotatable bonds is 7. The van der Waals surface area contributed by atoms with Crippen molar-refractivity contribution in [2.45, 2.75) is 31.2 Å². The number of hydrogen-bond acceptors (Lipinski definition) is 5. The average molecular weight is 475 g/mol. The van der Waals surface area contributed by atoms with Crippen molar-refractivity contribution in [3.05, 3.63) is 71.4 Å². The summed E-state index contributed by atoms with van der Waals surface area (Å²) in [5.41, 5.74) is 3.09. The van der Waals surface area contributed by atoms with Crippen LogP contribution in [0.1, 0.15) is 47.3 Å². The fraction of sp³-hybridized carbons (Fsp3) is 0.308. The normalized spacial score (nSPS) is 16.1. The van der Waals surface area contributed by atoms with E-state index in [0.29, 0.717) is 0 Å². The van der Waals surface area contributed by atoms with Gasteiger partial charge in [-0.3, -0.25) is 9.48 Å². The van der Waals surface area contributed by atoms with E-state index in [1.807, 2.05) is 36.4 Å². The lowest BCUT2D eigenvalue weighted by atomic mass is 9.94. The van der Waals surface area contributed by atoms with E-state index in [2.05, 4.69) is 27.9 Å². The number of aromatic nitrogens is 2. The van der Waals surface area contributed by atoms with Crippen molar-refractivity contribution in [2.24, 2.45) is 13.0 Å². The quantitative estimate of drug-likeness (QED) is 0.479. The first-order chi connectivity index (χ1) is 16.8. The molecule has 1 heterocycles. The van der Waals surface area contributed by atoms with Crippen LogP contribution in [0, 0.1) is 5.92 Å². The van der Waals surface area contributed by atoms with E-state index in [0.717, 1.165) is 35.1 Å². The molecule has 1 aromatic heterocycles. The van der Waals surface area contributed by atoms with Gasteiger partial charge >= 0.3 is 12.1 Å². The second kappa shape index (κ2) is 8.57. The van der Waals surface area contributed by atoms with Crippen LogP contribution in [-0.4, -0.2) is 45.0 Å². The highest BCUT2D eigenvalue weighted by molar-refractivity contribution is 6.00. The van der Waals surface area contributed by atoms with Crippen molar-refractivity contribution < 1.29 is 24.2 Å². The molecule has 1 saturated carbocycles. The van der Waals surface area contributed by atoms with E-state index in [-0.39, 0.29) is 30.0 Å². The summed E-state index contributed by atoms with van der Waals surface area (Å²) in [6, 6.07) is 17.4. The zero-order valence-electron chi connectivity index (χ0n) is 19.4. The van der Waals surface area contributed by atoms with E-state index < -0.39 is 23.5 Å². The molecule has 1 unspecified atom stereocenters. The van der Waals surface area contributed by atoms with Crippen LogP contribution in [0.4, 0.5) is 10.6 Å². The van der Waals surface area contributed by atoms with Gasteiger partial charge in [0.1, 0.15) is 18.0 Å². The zero-order valence-corrected chi connectivity index (χ0v) is 19.4. The molecule has 3 aromatic rings. The Morgan fingerprint density at radius 1 is 1.09 bits per heavy atom. The Labute approximate surface area is 202 Å². The maximum atomic E-state index is 13.2. The standard InChI is InChI=1S/C26H26N4O5/c1-26(15-11-12-15,24(33)27-22-13-21(23(31)32)29-30(22)2)28-25(34)35-14-20-18-9-5-3-7-16(18)17-8-4-6-10-19(17)20/h3-10,13,15,20H,11-12,14H2,1-2H3,(H,27,33)(H,28,34)(H,31,32). The number of hydrogen-bond donors (Lipinski definition) is 3. The summed E-state index contributed by atoms with van der Waals surface area (Å²) >= 11 is 0. The SMILES string of the molecule is Cn1nc(C(=O)O)cc1NC(=O)C(C)(NC(=O)OCC1c2ccccc2-c2ccccc21)C1CC1. The molecule has 2 amide bonds. The van der Waals surface area contributed by atoms with Gasteiger partial charge in [0.2, 0.25) is 0 Å². The largest absolute Gasteiger partial charge is 0.476 e. The predicted molar refractivity (Wildman–Crippen MR) is 128 cm³/mol. The lowest BCUT2D eigenvalue weighted by molar-refractivity contribution is -0.122. The Balaban J connectivity index is 1.28. The van der Waals surface area contributed by atoms with E-state index in [9.17, 15) is 14.4 Å². The summed E-state index contributed by atoms with van der Waals surface area (Å²) < 4.78 is 6.93.